The minimum absolute atomic E-state index is 0.346. The third-order valence-electron chi connectivity index (χ3n) is 3.69. The second-order valence-electron chi connectivity index (χ2n) is 5.44. The summed E-state index contributed by atoms with van der Waals surface area (Å²) in [5.41, 5.74) is 0.346. The van der Waals surface area contributed by atoms with E-state index in [1.165, 1.54) is 44.2 Å². The molecule has 16 heavy (non-hydrogen) atoms. The van der Waals surface area contributed by atoms with Crippen molar-refractivity contribution in [2.24, 2.45) is 0 Å². The quantitative estimate of drug-likeness (QED) is 0.787. The van der Waals surface area contributed by atoms with E-state index >= 15 is 0 Å². The molecule has 0 aliphatic carbocycles. The van der Waals surface area contributed by atoms with E-state index in [1.54, 1.807) is 0 Å². The van der Waals surface area contributed by atoms with Crippen molar-refractivity contribution in [1.82, 2.24) is 15.1 Å². The molecule has 94 valence electrons. The van der Waals surface area contributed by atoms with E-state index in [1.807, 2.05) is 0 Å². The molecule has 4 heteroatoms. The maximum atomic E-state index is 3.42. The van der Waals surface area contributed by atoms with E-state index in [2.05, 4.69) is 40.7 Å². The lowest BCUT2D eigenvalue weighted by molar-refractivity contribution is 0.0772. The first-order valence-corrected chi connectivity index (χ1v) is 7.60. The van der Waals surface area contributed by atoms with Crippen LogP contribution in [0.5, 0.6) is 0 Å². The van der Waals surface area contributed by atoms with Crippen molar-refractivity contribution in [1.29, 1.82) is 0 Å². The van der Waals surface area contributed by atoms with Gasteiger partial charge in [-0.25, -0.2) is 0 Å². The molecule has 2 saturated heterocycles. The molecular formula is C12H25N3S. The Morgan fingerprint density at radius 2 is 1.69 bits per heavy atom. The summed E-state index contributed by atoms with van der Waals surface area (Å²) in [7, 11) is 0. The van der Waals surface area contributed by atoms with Crippen LogP contribution in [0.25, 0.3) is 0 Å². The van der Waals surface area contributed by atoms with E-state index in [0.717, 1.165) is 13.1 Å². The lowest BCUT2D eigenvalue weighted by Gasteiger charge is -2.44. The Morgan fingerprint density at radius 1 is 1.06 bits per heavy atom. The fourth-order valence-corrected chi connectivity index (χ4v) is 3.59. The fraction of sp³-hybridized carbons (Fsp3) is 1.00. The highest BCUT2D eigenvalue weighted by Gasteiger charge is 2.30. The van der Waals surface area contributed by atoms with Gasteiger partial charge in [0.2, 0.25) is 0 Å². The number of hydrogen-bond acceptors (Lipinski definition) is 4. The molecule has 3 nitrogen and oxygen atoms in total. The van der Waals surface area contributed by atoms with Crippen molar-refractivity contribution in [3.05, 3.63) is 0 Å². The molecule has 2 aliphatic heterocycles. The number of nitrogens with zero attached hydrogens (tertiary/aromatic N) is 2. The van der Waals surface area contributed by atoms with Gasteiger partial charge in [0.1, 0.15) is 0 Å². The highest BCUT2D eigenvalue weighted by atomic mass is 32.2. The summed E-state index contributed by atoms with van der Waals surface area (Å²) >= 11 is 2.10. The number of nitrogens with one attached hydrogen (secondary N) is 1. The van der Waals surface area contributed by atoms with Crippen LogP contribution in [0, 0.1) is 0 Å². The first-order valence-electron chi connectivity index (χ1n) is 6.44. The van der Waals surface area contributed by atoms with E-state index in [-0.39, 0.29) is 0 Å². The van der Waals surface area contributed by atoms with Crippen molar-refractivity contribution in [3.8, 4) is 0 Å². The van der Waals surface area contributed by atoms with Gasteiger partial charge >= 0.3 is 0 Å². The van der Waals surface area contributed by atoms with Gasteiger partial charge in [-0.05, 0) is 13.8 Å². The summed E-state index contributed by atoms with van der Waals surface area (Å²) in [6.45, 7) is 13.3. The topological polar surface area (TPSA) is 18.5 Å². The molecule has 0 radical (unpaired) electrons. The summed E-state index contributed by atoms with van der Waals surface area (Å²) in [5.74, 6) is 2.62. The molecule has 0 bridgehead atoms. The molecule has 0 spiro atoms. The van der Waals surface area contributed by atoms with Crippen molar-refractivity contribution < 1.29 is 0 Å². The summed E-state index contributed by atoms with van der Waals surface area (Å²) in [6.07, 6.45) is 0. The SMILES string of the molecule is CC(C)(CN1CCNCC1)N1CCSCC1. The van der Waals surface area contributed by atoms with Crippen LogP contribution in [0.3, 0.4) is 0 Å². The molecule has 0 atom stereocenters. The Morgan fingerprint density at radius 3 is 2.31 bits per heavy atom. The highest BCUT2D eigenvalue weighted by molar-refractivity contribution is 7.99. The van der Waals surface area contributed by atoms with E-state index in [0.29, 0.717) is 5.54 Å². The van der Waals surface area contributed by atoms with Crippen LogP contribution in [0.15, 0.2) is 0 Å². The van der Waals surface area contributed by atoms with E-state index in [4.69, 9.17) is 0 Å². The predicted octanol–water partition coefficient (Wildman–Crippen LogP) is 0.719. The molecule has 0 aromatic heterocycles. The van der Waals surface area contributed by atoms with Gasteiger partial charge in [-0.15, -0.1) is 0 Å². The molecule has 2 heterocycles. The number of rotatable bonds is 3. The van der Waals surface area contributed by atoms with Crippen LogP contribution in [-0.4, -0.2) is 72.7 Å². The third kappa shape index (κ3) is 3.36. The van der Waals surface area contributed by atoms with Gasteiger partial charge < -0.3 is 5.32 Å². The minimum atomic E-state index is 0.346. The summed E-state index contributed by atoms with van der Waals surface area (Å²) in [5, 5.41) is 3.42. The highest BCUT2D eigenvalue weighted by Crippen LogP contribution is 2.21. The lowest BCUT2D eigenvalue weighted by Crippen LogP contribution is -2.57. The molecule has 2 fully saturated rings. The summed E-state index contributed by atoms with van der Waals surface area (Å²) in [6, 6.07) is 0. The molecule has 0 aromatic carbocycles. The van der Waals surface area contributed by atoms with Crippen LogP contribution in [0.4, 0.5) is 0 Å². The van der Waals surface area contributed by atoms with Crippen LogP contribution >= 0.6 is 11.8 Å². The van der Waals surface area contributed by atoms with Crippen LogP contribution in [-0.2, 0) is 0 Å². The van der Waals surface area contributed by atoms with E-state index < -0.39 is 0 Å². The third-order valence-corrected chi connectivity index (χ3v) is 4.63. The normalized spacial score (nSPS) is 25.9. The maximum absolute atomic E-state index is 3.42. The van der Waals surface area contributed by atoms with Gasteiger partial charge in [-0.2, -0.15) is 11.8 Å². The average Bonchev–Trinajstić information content (AvgIpc) is 2.31. The van der Waals surface area contributed by atoms with Gasteiger partial charge in [0.15, 0.2) is 0 Å². The number of thioether (sulfide) groups is 1. The maximum Gasteiger partial charge on any atom is 0.0280 e. The minimum Gasteiger partial charge on any atom is -0.314 e. The second kappa shape index (κ2) is 5.71. The predicted molar refractivity (Wildman–Crippen MR) is 72.3 cm³/mol. The van der Waals surface area contributed by atoms with Gasteiger partial charge in [-0.3, -0.25) is 9.80 Å². The first-order chi connectivity index (χ1) is 7.68. The van der Waals surface area contributed by atoms with Crippen LogP contribution in [0.1, 0.15) is 13.8 Å². The van der Waals surface area contributed by atoms with Crippen molar-refractivity contribution in [2.75, 3.05) is 57.3 Å². The zero-order valence-corrected chi connectivity index (χ0v) is 11.5. The van der Waals surface area contributed by atoms with Crippen LogP contribution < -0.4 is 5.32 Å². The molecule has 0 aromatic rings. The molecule has 1 N–H and O–H groups in total. The smallest absolute Gasteiger partial charge is 0.0280 e. The molecule has 2 rings (SSSR count). The standard InChI is InChI=1S/C12H25N3S/c1-12(2,15-7-9-16-10-8-15)11-14-5-3-13-4-6-14/h13H,3-11H2,1-2H3. The van der Waals surface area contributed by atoms with Crippen molar-refractivity contribution >= 4 is 11.8 Å². The zero-order chi connectivity index (χ0) is 11.4. The largest absolute Gasteiger partial charge is 0.314 e. The summed E-state index contributed by atoms with van der Waals surface area (Å²) in [4.78, 5) is 5.28. The van der Waals surface area contributed by atoms with E-state index in [9.17, 15) is 0 Å². The molecule has 0 amide bonds. The zero-order valence-electron chi connectivity index (χ0n) is 10.7. The second-order valence-corrected chi connectivity index (χ2v) is 6.66. The Labute approximate surface area is 104 Å². The molecule has 2 aliphatic rings. The number of hydrogen-bond donors (Lipinski definition) is 1. The molecule has 0 unspecified atom stereocenters. The average molecular weight is 243 g/mol. The Balaban J connectivity index is 1.84. The Kier molecular flexibility index (Phi) is 4.53. The Hall–Kier alpha value is 0.230. The van der Waals surface area contributed by atoms with Gasteiger partial charge in [0.25, 0.3) is 0 Å². The van der Waals surface area contributed by atoms with Gasteiger partial charge in [0.05, 0.1) is 0 Å². The van der Waals surface area contributed by atoms with Gasteiger partial charge in [-0.1, -0.05) is 0 Å². The van der Waals surface area contributed by atoms with Gasteiger partial charge in [0, 0.05) is 62.9 Å². The lowest BCUT2D eigenvalue weighted by atomic mass is 10.0. The molecule has 0 saturated carbocycles. The fourth-order valence-electron chi connectivity index (χ4n) is 2.69. The molecular weight excluding hydrogens is 218 g/mol. The van der Waals surface area contributed by atoms with Crippen molar-refractivity contribution in [3.63, 3.8) is 0 Å². The summed E-state index contributed by atoms with van der Waals surface area (Å²) < 4.78 is 0. The Bertz CT molecular complexity index is 208. The first kappa shape index (κ1) is 12.7. The van der Waals surface area contributed by atoms with Crippen molar-refractivity contribution in [2.45, 2.75) is 19.4 Å². The number of piperazine rings is 1. The monoisotopic (exact) mass is 243 g/mol. The van der Waals surface area contributed by atoms with Crippen LogP contribution in [0.2, 0.25) is 0 Å².